The summed E-state index contributed by atoms with van der Waals surface area (Å²) < 4.78 is 10.6. The van der Waals surface area contributed by atoms with E-state index >= 15 is 0 Å². The molecule has 26 heavy (non-hydrogen) atoms. The van der Waals surface area contributed by atoms with Crippen molar-refractivity contribution in [2.24, 2.45) is 0 Å². The maximum absolute atomic E-state index is 12.4. The van der Waals surface area contributed by atoms with Gasteiger partial charge in [-0.25, -0.2) is 4.98 Å². The molecule has 136 valence electrons. The van der Waals surface area contributed by atoms with Gasteiger partial charge < -0.3 is 19.8 Å². The summed E-state index contributed by atoms with van der Waals surface area (Å²) in [7, 11) is 1.65. The van der Waals surface area contributed by atoms with Crippen LogP contribution in [-0.4, -0.2) is 24.5 Å². The number of carbonyl (C=O) groups is 1. The summed E-state index contributed by atoms with van der Waals surface area (Å²) in [6.45, 7) is 2.91. The second kappa shape index (κ2) is 8.53. The van der Waals surface area contributed by atoms with Crippen LogP contribution in [0.3, 0.4) is 0 Å². The van der Waals surface area contributed by atoms with E-state index in [0.29, 0.717) is 35.2 Å². The van der Waals surface area contributed by atoms with E-state index in [2.05, 4.69) is 15.6 Å². The fourth-order valence-electron chi connectivity index (χ4n) is 2.56. The highest BCUT2D eigenvalue weighted by Gasteiger charge is 2.15. The van der Waals surface area contributed by atoms with Gasteiger partial charge in [-0.3, -0.25) is 4.79 Å². The molecule has 1 amide bonds. The molecular weight excluding hydrogens is 350 g/mol. The van der Waals surface area contributed by atoms with E-state index in [-0.39, 0.29) is 5.91 Å². The number of hydrogen-bond acceptors (Lipinski definition) is 6. The van der Waals surface area contributed by atoms with E-state index in [1.54, 1.807) is 13.4 Å². The second-order valence-electron chi connectivity index (χ2n) is 5.68. The molecule has 0 atom stereocenters. The Morgan fingerprint density at radius 2 is 2.12 bits per heavy atom. The maximum Gasteiger partial charge on any atom is 0.263 e. The molecule has 2 heterocycles. The van der Waals surface area contributed by atoms with Crippen LogP contribution in [0.2, 0.25) is 0 Å². The predicted octanol–water partition coefficient (Wildman–Crippen LogP) is 3.64. The molecule has 0 aliphatic rings. The summed E-state index contributed by atoms with van der Waals surface area (Å²) in [5.74, 6) is 1.54. The molecule has 0 aliphatic carbocycles. The Morgan fingerprint density at radius 3 is 2.88 bits per heavy atom. The Kier molecular flexibility index (Phi) is 5.91. The maximum atomic E-state index is 12.4. The number of carbonyl (C=O) groups excluding carboxylic acids is 1. The van der Waals surface area contributed by atoms with Crippen LogP contribution in [0.25, 0.3) is 0 Å². The third kappa shape index (κ3) is 4.43. The molecule has 0 radical (unpaired) electrons. The number of thiazole rings is 1. The molecule has 0 saturated carbocycles. The lowest BCUT2D eigenvalue weighted by molar-refractivity contribution is 0.0957. The lowest BCUT2D eigenvalue weighted by Gasteiger charge is -2.08. The number of rotatable bonds is 8. The first kappa shape index (κ1) is 18.0. The number of amides is 1. The first-order valence-electron chi connectivity index (χ1n) is 8.31. The number of anilines is 1. The zero-order chi connectivity index (χ0) is 18.4. The van der Waals surface area contributed by atoms with E-state index in [4.69, 9.17) is 9.15 Å². The molecule has 6 nitrogen and oxygen atoms in total. The van der Waals surface area contributed by atoms with Gasteiger partial charge in [0, 0.05) is 6.54 Å². The van der Waals surface area contributed by atoms with Gasteiger partial charge in [-0.2, -0.15) is 0 Å². The minimum atomic E-state index is -0.110. The van der Waals surface area contributed by atoms with Crippen LogP contribution in [-0.2, 0) is 13.0 Å². The van der Waals surface area contributed by atoms with Gasteiger partial charge >= 0.3 is 0 Å². The average Bonchev–Trinajstić information content (AvgIpc) is 3.29. The summed E-state index contributed by atoms with van der Waals surface area (Å²) >= 11 is 1.34. The number of methoxy groups -OCH3 is 1. The minimum Gasteiger partial charge on any atom is -0.496 e. The Labute approximate surface area is 156 Å². The lowest BCUT2D eigenvalue weighted by atomic mass is 10.1. The number of nitrogens with one attached hydrogen (secondary N) is 2. The van der Waals surface area contributed by atoms with Gasteiger partial charge in [-0.15, -0.1) is 0 Å². The van der Waals surface area contributed by atoms with E-state index in [1.165, 1.54) is 11.3 Å². The second-order valence-corrected chi connectivity index (χ2v) is 6.68. The first-order chi connectivity index (χ1) is 12.7. The van der Waals surface area contributed by atoms with Gasteiger partial charge in [0.2, 0.25) is 0 Å². The van der Waals surface area contributed by atoms with Crippen molar-refractivity contribution >= 4 is 22.4 Å². The van der Waals surface area contributed by atoms with Gasteiger partial charge in [0.05, 0.1) is 25.6 Å². The molecule has 0 bridgehead atoms. The topological polar surface area (TPSA) is 76.4 Å². The van der Waals surface area contributed by atoms with Crippen molar-refractivity contribution in [3.05, 3.63) is 64.6 Å². The van der Waals surface area contributed by atoms with Crippen molar-refractivity contribution in [2.45, 2.75) is 19.9 Å². The monoisotopic (exact) mass is 371 g/mol. The standard InChI is InChI=1S/C19H21N3O3S/c1-13-17(26-19(22-13)21-12-15-7-5-11-25-15)18(23)20-10-9-14-6-3-4-8-16(14)24-2/h3-8,11H,9-10,12H2,1-2H3,(H,20,23)(H,21,22). The van der Waals surface area contributed by atoms with Gasteiger partial charge in [-0.1, -0.05) is 29.5 Å². The summed E-state index contributed by atoms with van der Waals surface area (Å²) in [6, 6.07) is 11.5. The summed E-state index contributed by atoms with van der Waals surface area (Å²) in [5.41, 5.74) is 1.78. The zero-order valence-corrected chi connectivity index (χ0v) is 15.6. The molecule has 0 unspecified atom stereocenters. The Balaban J connectivity index is 1.54. The normalized spacial score (nSPS) is 10.5. The van der Waals surface area contributed by atoms with Crippen LogP contribution in [0.1, 0.15) is 26.7 Å². The number of furan rings is 1. The molecule has 0 fully saturated rings. The number of aromatic nitrogens is 1. The molecule has 0 saturated heterocycles. The predicted molar refractivity (Wildman–Crippen MR) is 102 cm³/mol. The van der Waals surface area contributed by atoms with Gasteiger partial charge in [0.1, 0.15) is 16.4 Å². The van der Waals surface area contributed by atoms with Crippen LogP contribution in [0.15, 0.2) is 47.1 Å². The number of para-hydroxylation sites is 1. The molecule has 3 rings (SSSR count). The number of hydrogen-bond donors (Lipinski definition) is 2. The summed E-state index contributed by atoms with van der Waals surface area (Å²) in [5, 5.41) is 6.83. The van der Waals surface area contributed by atoms with Crippen LogP contribution in [0.4, 0.5) is 5.13 Å². The molecule has 2 N–H and O–H groups in total. The summed E-state index contributed by atoms with van der Waals surface area (Å²) in [4.78, 5) is 17.5. The van der Waals surface area contributed by atoms with E-state index in [9.17, 15) is 4.79 Å². The molecule has 7 heteroatoms. The minimum absolute atomic E-state index is 0.110. The molecule has 3 aromatic rings. The highest BCUT2D eigenvalue weighted by Crippen LogP contribution is 2.23. The van der Waals surface area contributed by atoms with Gasteiger partial charge in [-0.05, 0) is 37.1 Å². The van der Waals surface area contributed by atoms with Crippen molar-refractivity contribution in [3.8, 4) is 5.75 Å². The van der Waals surface area contributed by atoms with E-state index in [0.717, 1.165) is 17.1 Å². The van der Waals surface area contributed by atoms with Gasteiger partial charge in [0.25, 0.3) is 5.91 Å². The molecule has 1 aromatic carbocycles. The highest BCUT2D eigenvalue weighted by atomic mass is 32.1. The Morgan fingerprint density at radius 1 is 1.27 bits per heavy atom. The molecular formula is C19H21N3O3S. The average molecular weight is 371 g/mol. The zero-order valence-electron chi connectivity index (χ0n) is 14.7. The van der Waals surface area contributed by atoms with E-state index in [1.807, 2.05) is 43.3 Å². The summed E-state index contributed by atoms with van der Waals surface area (Å²) in [6.07, 6.45) is 2.34. The van der Waals surface area contributed by atoms with E-state index < -0.39 is 0 Å². The van der Waals surface area contributed by atoms with Crippen molar-refractivity contribution in [1.29, 1.82) is 0 Å². The number of ether oxygens (including phenoxy) is 1. The molecule has 0 aliphatic heterocycles. The highest BCUT2D eigenvalue weighted by molar-refractivity contribution is 7.17. The van der Waals surface area contributed by atoms with Crippen LogP contribution >= 0.6 is 11.3 Å². The SMILES string of the molecule is COc1ccccc1CCNC(=O)c1sc(NCc2ccco2)nc1C. The molecule has 0 spiro atoms. The van der Waals surface area contributed by atoms with Crippen molar-refractivity contribution in [3.63, 3.8) is 0 Å². The van der Waals surface area contributed by atoms with Gasteiger partial charge in [0.15, 0.2) is 5.13 Å². The number of nitrogens with zero attached hydrogens (tertiary/aromatic N) is 1. The fourth-order valence-corrected chi connectivity index (χ4v) is 3.44. The quantitative estimate of drug-likeness (QED) is 0.632. The Bertz CT molecular complexity index is 859. The third-order valence-electron chi connectivity index (χ3n) is 3.87. The van der Waals surface area contributed by atoms with Crippen molar-refractivity contribution < 1.29 is 13.9 Å². The number of aryl methyl sites for hydroxylation is 1. The van der Waals surface area contributed by atoms with Crippen LogP contribution < -0.4 is 15.4 Å². The van der Waals surface area contributed by atoms with Crippen LogP contribution in [0.5, 0.6) is 5.75 Å². The number of benzene rings is 1. The third-order valence-corrected chi connectivity index (χ3v) is 4.98. The molecule has 2 aromatic heterocycles. The largest absolute Gasteiger partial charge is 0.496 e. The van der Waals surface area contributed by atoms with Crippen molar-refractivity contribution in [2.75, 3.05) is 19.0 Å². The van der Waals surface area contributed by atoms with Crippen molar-refractivity contribution in [1.82, 2.24) is 10.3 Å². The lowest BCUT2D eigenvalue weighted by Crippen LogP contribution is -2.25. The first-order valence-corrected chi connectivity index (χ1v) is 9.13. The smallest absolute Gasteiger partial charge is 0.263 e. The Hall–Kier alpha value is -2.80. The fraction of sp³-hybridized carbons (Fsp3) is 0.263. The van der Waals surface area contributed by atoms with Crippen LogP contribution in [0, 0.1) is 6.92 Å².